The summed E-state index contributed by atoms with van der Waals surface area (Å²) in [5.74, 6) is -0.383. The third-order valence-electron chi connectivity index (χ3n) is 10.6. The molecule has 0 bridgehead atoms. The van der Waals surface area contributed by atoms with Gasteiger partial charge in [0.2, 0.25) is 0 Å². The molecule has 3 atom stereocenters. The van der Waals surface area contributed by atoms with Gasteiger partial charge >= 0.3 is 13.8 Å². The van der Waals surface area contributed by atoms with E-state index in [1.54, 1.807) is 0 Å². The lowest BCUT2D eigenvalue weighted by atomic mass is 10.0. The fourth-order valence-corrected chi connectivity index (χ4v) is 7.62. The highest BCUT2D eigenvalue weighted by Crippen LogP contribution is 2.43. The molecule has 0 aliphatic carbocycles. The third kappa shape index (κ3) is 46.0. The van der Waals surface area contributed by atoms with Crippen molar-refractivity contribution in [3.05, 3.63) is 36.5 Å². The quantitative estimate of drug-likeness (QED) is 0.0237. The number of hydrogen-bond donors (Lipinski definition) is 3. The van der Waals surface area contributed by atoms with Crippen LogP contribution in [0.25, 0.3) is 0 Å². The van der Waals surface area contributed by atoms with Crippen LogP contribution in [0.4, 0.5) is 0 Å². The Kier molecular flexibility index (Phi) is 45.2. The van der Waals surface area contributed by atoms with Crippen molar-refractivity contribution < 1.29 is 43.0 Å². The maximum absolute atomic E-state index is 12.7. The molecule has 0 aliphatic heterocycles. The summed E-state index contributed by atoms with van der Waals surface area (Å²) in [5.41, 5.74) is 0. The predicted octanol–water partition coefficient (Wildman–Crippen LogP) is 14.0. The van der Waals surface area contributed by atoms with Gasteiger partial charge in [-0.3, -0.25) is 13.8 Å². The number of phosphoric acid groups is 1. The van der Waals surface area contributed by atoms with Gasteiger partial charge in [-0.25, -0.2) is 4.57 Å². The van der Waals surface area contributed by atoms with Crippen LogP contribution in [-0.4, -0.2) is 66.3 Å². The molecule has 3 N–H and O–H groups in total. The van der Waals surface area contributed by atoms with Gasteiger partial charge in [0.25, 0.3) is 0 Å². The molecule has 3 unspecified atom stereocenters. The van der Waals surface area contributed by atoms with Gasteiger partial charge in [0.15, 0.2) is 0 Å². The predicted molar refractivity (Wildman–Crippen MR) is 247 cm³/mol. The Balaban J connectivity index is 4.11. The summed E-state index contributed by atoms with van der Waals surface area (Å²) in [6.45, 7) is 3.51. The summed E-state index contributed by atoms with van der Waals surface area (Å²) in [6, 6.07) is 0. The molecule has 0 spiro atoms. The zero-order chi connectivity index (χ0) is 43.2. The van der Waals surface area contributed by atoms with Crippen molar-refractivity contribution in [3.63, 3.8) is 0 Å². The highest BCUT2D eigenvalue weighted by molar-refractivity contribution is 7.47. The van der Waals surface area contributed by atoms with Crippen molar-refractivity contribution in [1.29, 1.82) is 0 Å². The number of carbonyl (C=O) groups is 1. The molecular formula is C49H93O9P. The molecule has 10 heteroatoms. The number of allylic oxidation sites excluding steroid dienone is 6. The fraction of sp³-hybridized carbons (Fsp3) is 0.857. The number of esters is 1. The summed E-state index contributed by atoms with van der Waals surface area (Å²) in [6.07, 6.45) is 51.0. The van der Waals surface area contributed by atoms with E-state index in [2.05, 4.69) is 50.3 Å². The van der Waals surface area contributed by atoms with Crippen LogP contribution in [0.1, 0.15) is 226 Å². The molecule has 0 aliphatic rings. The topological polar surface area (TPSA) is 132 Å². The van der Waals surface area contributed by atoms with Crippen molar-refractivity contribution in [3.8, 4) is 0 Å². The van der Waals surface area contributed by atoms with Crippen LogP contribution in [0.5, 0.6) is 0 Å². The average molecular weight is 857 g/mol. The second-order valence-corrected chi connectivity index (χ2v) is 17.9. The van der Waals surface area contributed by atoms with Crippen molar-refractivity contribution in [2.45, 2.75) is 238 Å². The van der Waals surface area contributed by atoms with E-state index < -0.39 is 33.2 Å². The highest BCUT2D eigenvalue weighted by Gasteiger charge is 2.26. The molecule has 0 heterocycles. The Labute approximate surface area is 363 Å². The Morgan fingerprint density at radius 2 is 0.915 bits per heavy atom. The Morgan fingerprint density at radius 3 is 1.41 bits per heavy atom. The summed E-state index contributed by atoms with van der Waals surface area (Å²) in [7, 11) is -4.52. The lowest BCUT2D eigenvalue weighted by Crippen LogP contribution is -2.29. The van der Waals surface area contributed by atoms with E-state index in [-0.39, 0.29) is 25.6 Å². The van der Waals surface area contributed by atoms with Gasteiger partial charge in [-0.1, -0.05) is 204 Å². The molecule has 59 heavy (non-hydrogen) atoms. The van der Waals surface area contributed by atoms with Crippen molar-refractivity contribution >= 4 is 13.8 Å². The van der Waals surface area contributed by atoms with Gasteiger partial charge in [0, 0.05) is 13.0 Å². The first-order valence-electron chi connectivity index (χ1n) is 24.5. The fourth-order valence-electron chi connectivity index (χ4n) is 6.83. The third-order valence-corrected chi connectivity index (χ3v) is 11.5. The van der Waals surface area contributed by atoms with Gasteiger partial charge in [-0.05, 0) is 51.4 Å². The van der Waals surface area contributed by atoms with Crippen LogP contribution < -0.4 is 0 Å². The van der Waals surface area contributed by atoms with Gasteiger partial charge in [-0.2, -0.15) is 0 Å². The minimum atomic E-state index is -4.52. The lowest BCUT2D eigenvalue weighted by molar-refractivity contribution is -0.154. The second kappa shape index (κ2) is 46.2. The summed E-state index contributed by atoms with van der Waals surface area (Å²) < 4.78 is 33.5. The standard InChI is InChI=1S/C49H93O9P/c1-3-5-7-9-11-13-15-17-19-21-23-24-26-28-30-32-34-36-38-40-42-55-45-48(46-57-59(53,54)56-44-47(51)43-50)58-49(52)41-39-37-35-33-31-29-27-25-22-20-18-16-14-12-10-8-6-4-2/h11,13,17,19,23-24,47-48,50-51H,3-10,12,14-16,18,20-22,25-46H2,1-2H3,(H,53,54)/b13-11-,19-17-,24-23-. The Morgan fingerprint density at radius 1 is 0.525 bits per heavy atom. The summed E-state index contributed by atoms with van der Waals surface area (Å²) in [5, 5.41) is 18.4. The number of phosphoric ester groups is 1. The molecule has 9 nitrogen and oxygen atoms in total. The van der Waals surface area contributed by atoms with Crippen molar-refractivity contribution in [1.82, 2.24) is 0 Å². The summed E-state index contributed by atoms with van der Waals surface area (Å²) in [4.78, 5) is 22.7. The van der Waals surface area contributed by atoms with E-state index in [1.807, 2.05) is 0 Å². The number of ether oxygens (including phenoxy) is 2. The number of aliphatic hydroxyl groups excluding tert-OH is 2. The van der Waals surface area contributed by atoms with Crippen molar-refractivity contribution in [2.75, 3.05) is 33.0 Å². The monoisotopic (exact) mass is 857 g/mol. The zero-order valence-corrected chi connectivity index (χ0v) is 39.1. The molecule has 0 radical (unpaired) electrons. The zero-order valence-electron chi connectivity index (χ0n) is 38.2. The van der Waals surface area contributed by atoms with Crippen LogP contribution >= 0.6 is 7.82 Å². The van der Waals surface area contributed by atoms with E-state index in [1.165, 1.54) is 148 Å². The van der Waals surface area contributed by atoms with Crippen LogP contribution in [-0.2, 0) is 27.9 Å². The van der Waals surface area contributed by atoms with Crippen molar-refractivity contribution in [2.24, 2.45) is 0 Å². The van der Waals surface area contributed by atoms with E-state index in [9.17, 15) is 19.4 Å². The lowest BCUT2D eigenvalue weighted by Gasteiger charge is -2.20. The van der Waals surface area contributed by atoms with E-state index in [0.29, 0.717) is 6.61 Å². The number of hydrogen-bond acceptors (Lipinski definition) is 8. The molecule has 0 saturated carbocycles. The highest BCUT2D eigenvalue weighted by atomic mass is 31.2. The molecule has 0 fully saturated rings. The van der Waals surface area contributed by atoms with E-state index in [4.69, 9.17) is 23.6 Å². The molecule has 0 aromatic heterocycles. The Hall–Kier alpha value is -1.32. The minimum absolute atomic E-state index is 0.0453. The number of rotatable bonds is 47. The van der Waals surface area contributed by atoms with Gasteiger partial charge in [0.1, 0.15) is 12.2 Å². The molecule has 0 aromatic carbocycles. The van der Waals surface area contributed by atoms with Crippen LogP contribution in [0.3, 0.4) is 0 Å². The van der Waals surface area contributed by atoms with Gasteiger partial charge in [-0.15, -0.1) is 0 Å². The maximum Gasteiger partial charge on any atom is 0.472 e. The maximum atomic E-state index is 12.7. The summed E-state index contributed by atoms with van der Waals surface area (Å²) >= 11 is 0. The minimum Gasteiger partial charge on any atom is -0.457 e. The van der Waals surface area contributed by atoms with Crippen LogP contribution in [0.2, 0.25) is 0 Å². The van der Waals surface area contributed by atoms with E-state index >= 15 is 0 Å². The number of aliphatic hydroxyl groups is 2. The smallest absolute Gasteiger partial charge is 0.457 e. The van der Waals surface area contributed by atoms with Gasteiger partial charge in [0.05, 0.1) is 26.4 Å². The second-order valence-electron chi connectivity index (χ2n) is 16.5. The first kappa shape index (κ1) is 57.7. The first-order valence-corrected chi connectivity index (χ1v) is 26.0. The number of carbonyl (C=O) groups excluding carboxylic acids is 1. The normalized spacial score (nSPS) is 14.2. The molecule has 0 saturated heterocycles. The van der Waals surface area contributed by atoms with Gasteiger partial charge < -0.3 is 24.6 Å². The average Bonchev–Trinajstić information content (AvgIpc) is 3.23. The van der Waals surface area contributed by atoms with Crippen LogP contribution in [0.15, 0.2) is 36.5 Å². The van der Waals surface area contributed by atoms with E-state index in [0.717, 1.165) is 57.8 Å². The molecule has 0 aromatic rings. The van der Waals surface area contributed by atoms with Crippen LogP contribution in [0, 0.1) is 0 Å². The molecular weight excluding hydrogens is 764 g/mol. The SMILES string of the molecule is CCCCC/C=C\C/C=C\C/C=C\CCCCCCCCCOCC(COP(=O)(O)OCC(O)CO)OC(=O)CCCCCCCCCCCCCCCCCCCC. The number of unbranched alkanes of at least 4 members (excludes halogenated alkanes) is 27. The largest absolute Gasteiger partial charge is 0.472 e. The molecule has 0 amide bonds. The molecule has 0 rings (SSSR count). The molecule has 348 valence electrons. The Bertz CT molecular complexity index is 1020. The first-order chi connectivity index (χ1) is 28.8.